The van der Waals surface area contributed by atoms with Gasteiger partial charge in [0.2, 0.25) is 5.91 Å². The minimum atomic E-state index is -0.741. The van der Waals surface area contributed by atoms with Gasteiger partial charge in [0, 0.05) is 24.0 Å². The van der Waals surface area contributed by atoms with Gasteiger partial charge in [0.1, 0.15) is 17.0 Å². The van der Waals surface area contributed by atoms with E-state index in [1.165, 1.54) is 22.7 Å². The van der Waals surface area contributed by atoms with E-state index in [0.29, 0.717) is 0 Å². The van der Waals surface area contributed by atoms with E-state index in [2.05, 4.69) is 4.98 Å². The molecule has 1 aliphatic rings. The van der Waals surface area contributed by atoms with Crippen molar-refractivity contribution in [3.8, 4) is 0 Å². The molecular formula is C14H10F2N2OS. The summed E-state index contributed by atoms with van der Waals surface area (Å²) in [5.74, 6) is -1.34. The molecule has 0 radical (unpaired) electrons. The van der Waals surface area contributed by atoms with Crippen molar-refractivity contribution in [2.75, 3.05) is 10.7 Å². The first kappa shape index (κ1) is 13.1. The molecule has 1 fully saturated rings. The molecular weight excluding hydrogens is 282 g/mol. The molecule has 3 rings (SSSR count). The summed E-state index contributed by atoms with van der Waals surface area (Å²) in [6.07, 6.45) is 3.28. The number of carbonyl (C=O) groups excluding carboxylic acids is 1. The van der Waals surface area contributed by atoms with Crippen molar-refractivity contribution in [3.63, 3.8) is 0 Å². The van der Waals surface area contributed by atoms with Crippen molar-refractivity contribution < 1.29 is 13.6 Å². The lowest BCUT2D eigenvalue weighted by molar-refractivity contribution is -0.115. The molecule has 0 spiro atoms. The number of carbonyl (C=O) groups is 1. The van der Waals surface area contributed by atoms with Crippen molar-refractivity contribution in [3.05, 3.63) is 59.9 Å². The molecule has 1 atom stereocenters. The number of hydrogen-bond acceptors (Lipinski definition) is 3. The largest absolute Gasteiger partial charge is 0.292 e. The number of benzene rings is 1. The average Bonchev–Trinajstić information content (AvgIpc) is 2.82. The Bertz CT molecular complexity index is 651. The van der Waals surface area contributed by atoms with Crippen LogP contribution in [0.2, 0.25) is 0 Å². The number of halogens is 2. The van der Waals surface area contributed by atoms with Gasteiger partial charge in [-0.15, -0.1) is 11.8 Å². The van der Waals surface area contributed by atoms with Crippen LogP contribution in [-0.2, 0) is 4.79 Å². The summed E-state index contributed by atoms with van der Waals surface area (Å²) in [7, 11) is 0. The Balaban J connectivity index is 2.03. The molecule has 0 bridgehead atoms. The van der Waals surface area contributed by atoms with Crippen LogP contribution in [0.15, 0.2) is 42.7 Å². The van der Waals surface area contributed by atoms with Crippen molar-refractivity contribution in [2.24, 2.45) is 0 Å². The molecule has 102 valence electrons. The maximum absolute atomic E-state index is 13.9. The number of amides is 1. The van der Waals surface area contributed by atoms with Gasteiger partial charge in [-0.1, -0.05) is 6.07 Å². The topological polar surface area (TPSA) is 33.2 Å². The predicted molar refractivity (Wildman–Crippen MR) is 73.3 cm³/mol. The van der Waals surface area contributed by atoms with Crippen molar-refractivity contribution >= 4 is 23.4 Å². The third-order valence-corrected chi connectivity index (χ3v) is 4.22. The van der Waals surface area contributed by atoms with E-state index >= 15 is 0 Å². The van der Waals surface area contributed by atoms with Gasteiger partial charge in [-0.05, 0) is 18.2 Å². The van der Waals surface area contributed by atoms with E-state index in [1.807, 2.05) is 6.07 Å². The Labute approximate surface area is 118 Å². The van der Waals surface area contributed by atoms with Gasteiger partial charge in [0.05, 0.1) is 11.4 Å². The second-order valence-corrected chi connectivity index (χ2v) is 5.38. The predicted octanol–water partition coefficient (Wildman–Crippen LogP) is 3.14. The Kier molecular flexibility index (Phi) is 3.40. The molecule has 1 aromatic heterocycles. The summed E-state index contributed by atoms with van der Waals surface area (Å²) < 4.78 is 26.9. The zero-order chi connectivity index (χ0) is 14.1. The van der Waals surface area contributed by atoms with Crippen LogP contribution >= 0.6 is 11.8 Å². The number of rotatable bonds is 2. The molecule has 0 aliphatic carbocycles. The highest BCUT2D eigenvalue weighted by molar-refractivity contribution is 8.00. The van der Waals surface area contributed by atoms with Gasteiger partial charge in [0.15, 0.2) is 0 Å². The molecule has 2 heterocycles. The molecule has 0 unspecified atom stereocenters. The summed E-state index contributed by atoms with van der Waals surface area (Å²) in [4.78, 5) is 17.4. The standard InChI is InChI=1S/C14H10F2N2OS/c15-10-3-4-12(11(16)6-10)18-13(19)8-20-14(18)9-2-1-5-17-7-9/h1-7,14H,8H2/t14-/m1/s1. The number of hydrogen-bond donors (Lipinski definition) is 0. The molecule has 1 aromatic carbocycles. The molecule has 0 saturated carbocycles. The Hall–Kier alpha value is -1.95. The van der Waals surface area contributed by atoms with Gasteiger partial charge in [0.25, 0.3) is 0 Å². The second-order valence-electron chi connectivity index (χ2n) is 4.31. The van der Waals surface area contributed by atoms with Crippen molar-refractivity contribution in [1.29, 1.82) is 0 Å². The number of thioether (sulfide) groups is 1. The fourth-order valence-corrected chi connectivity index (χ4v) is 3.28. The Morgan fingerprint density at radius 1 is 1.30 bits per heavy atom. The monoisotopic (exact) mass is 292 g/mol. The van der Waals surface area contributed by atoms with Gasteiger partial charge < -0.3 is 0 Å². The fourth-order valence-electron chi connectivity index (χ4n) is 2.13. The van der Waals surface area contributed by atoms with E-state index in [4.69, 9.17) is 0 Å². The molecule has 2 aromatic rings. The number of anilines is 1. The molecule has 3 nitrogen and oxygen atoms in total. The zero-order valence-corrected chi connectivity index (χ0v) is 11.1. The van der Waals surface area contributed by atoms with Crippen molar-refractivity contribution in [2.45, 2.75) is 5.37 Å². The molecule has 6 heteroatoms. The Morgan fingerprint density at radius 2 is 2.15 bits per heavy atom. The lowest BCUT2D eigenvalue weighted by Crippen LogP contribution is -2.28. The van der Waals surface area contributed by atoms with Crippen molar-refractivity contribution in [1.82, 2.24) is 4.98 Å². The second kappa shape index (κ2) is 5.20. The molecule has 1 saturated heterocycles. The SMILES string of the molecule is O=C1CS[C@H](c2cccnc2)N1c1ccc(F)cc1F. The normalized spacial score (nSPS) is 18.6. The van der Waals surface area contributed by atoms with Crippen LogP contribution in [-0.4, -0.2) is 16.6 Å². The quantitative estimate of drug-likeness (QED) is 0.852. The summed E-state index contributed by atoms with van der Waals surface area (Å²) >= 11 is 1.40. The molecule has 1 aliphatic heterocycles. The van der Waals surface area contributed by atoms with E-state index in [-0.39, 0.29) is 22.7 Å². The smallest absolute Gasteiger partial charge is 0.238 e. The fraction of sp³-hybridized carbons (Fsp3) is 0.143. The van der Waals surface area contributed by atoms with Crippen LogP contribution in [0.3, 0.4) is 0 Å². The first-order valence-corrected chi connectivity index (χ1v) is 7.00. The number of aromatic nitrogens is 1. The lowest BCUT2D eigenvalue weighted by atomic mass is 10.2. The zero-order valence-electron chi connectivity index (χ0n) is 10.3. The van der Waals surface area contributed by atoms with Crippen LogP contribution < -0.4 is 4.90 Å². The lowest BCUT2D eigenvalue weighted by Gasteiger charge is -2.24. The van der Waals surface area contributed by atoms with Crippen LogP contribution in [0, 0.1) is 11.6 Å². The summed E-state index contributed by atoms with van der Waals surface area (Å²) in [6, 6.07) is 6.81. The molecule has 20 heavy (non-hydrogen) atoms. The third kappa shape index (κ3) is 2.27. The summed E-state index contributed by atoms with van der Waals surface area (Å²) in [6.45, 7) is 0. The van der Waals surface area contributed by atoms with E-state index in [9.17, 15) is 13.6 Å². The first-order valence-electron chi connectivity index (χ1n) is 5.95. The van der Waals surface area contributed by atoms with Crippen LogP contribution in [0.1, 0.15) is 10.9 Å². The average molecular weight is 292 g/mol. The third-order valence-electron chi connectivity index (χ3n) is 3.01. The maximum atomic E-state index is 13.9. The van der Waals surface area contributed by atoms with Crippen LogP contribution in [0.4, 0.5) is 14.5 Å². The van der Waals surface area contributed by atoms with E-state index in [1.54, 1.807) is 18.5 Å². The Morgan fingerprint density at radius 3 is 2.85 bits per heavy atom. The highest BCUT2D eigenvalue weighted by Gasteiger charge is 2.35. The summed E-state index contributed by atoms with van der Waals surface area (Å²) in [5.41, 5.74) is 0.905. The van der Waals surface area contributed by atoms with E-state index < -0.39 is 11.6 Å². The molecule has 0 N–H and O–H groups in total. The maximum Gasteiger partial charge on any atom is 0.238 e. The van der Waals surface area contributed by atoms with Gasteiger partial charge >= 0.3 is 0 Å². The van der Waals surface area contributed by atoms with E-state index in [0.717, 1.165) is 17.7 Å². The molecule has 1 amide bonds. The minimum Gasteiger partial charge on any atom is -0.292 e. The van der Waals surface area contributed by atoms with Crippen LogP contribution in [0.25, 0.3) is 0 Å². The minimum absolute atomic E-state index is 0.0928. The first-order chi connectivity index (χ1) is 9.66. The highest BCUT2D eigenvalue weighted by atomic mass is 32.2. The van der Waals surface area contributed by atoms with Gasteiger partial charge in [-0.2, -0.15) is 0 Å². The summed E-state index contributed by atoms with van der Waals surface area (Å²) in [5, 5.41) is -0.337. The van der Waals surface area contributed by atoms with Crippen LogP contribution in [0.5, 0.6) is 0 Å². The number of pyridine rings is 1. The van der Waals surface area contributed by atoms with Gasteiger partial charge in [-0.25, -0.2) is 8.78 Å². The van der Waals surface area contributed by atoms with Gasteiger partial charge in [-0.3, -0.25) is 14.7 Å². The number of nitrogens with zero attached hydrogens (tertiary/aromatic N) is 2. The highest BCUT2D eigenvalue weighted by Crippen LogP contribution is 2.42.